The predicted octanol–water partition coefficient (Wildman–Crippen LogP) is 2.49. The van der Waals surface area contributed by atoms with Crippen molar-refractivity contribution < 1.29 is 13.2 Å². The molecule has 1 N–H and O–H groups in total. The molecular formula is C19H24ClN3O4S2. The Morgan fingerprint density at radius 3 is 2.83 bits per heavy atom. The summed E-state index contributed by atoms with van der Waals surface area (Å²) in [5.41, 5.74) is 0.338. The molecule has 0 unspecified atom stereocenters. The highest BCUT2D eigenvalue weighted by atomic mass is 35.5. The molecule has 29 heavy (non-hydrogen) atoms. The lowest BCUT2D eigenvalue weighted by atomic mass is 10.1. The van der Waals surface area contributed by atoms with Gasteiger partial charge in [-0.15, -0.1) is 0 Å². The lowest BCUT2D eigenvalue weighted by Crippen LogP contribution is -2.36. The summed E-state index contributed by atoms with van der Waals surface area (Å²) in [5.74, 6) is 0.278. The Morgan fingerprint density at radius 2 is 2.17 bits per heavy atom. The van der Waals surface area contributed by atoms with E-state index in [2.05, 4.69) is 24.1 Å². The van der Waals surface area contributed by atoms with Gasteiger partial charge in [0.05, 0.1) is 28.2 Å². The van der Waals surface area contributed by atoms with E-state index in [-0.39, 0.29) is 34.8 Å². The molecule has 1 aromatic heterocycles. The summed E-state index contributed by atoms with van der Waals surface area (Å²) in [7, 11) is -3.06. The van der Waals surface area contributed by atoms with Gasteiger partial charge in [-0.2, -0.15) is 0 Å². The highest BCUT2D eigenvalue weighted by Crippen LogP contribution is 2.21. The smallest absolute Gasteiger partial charge is 0.262 e. The Kier molecular flexibility index (Phi) is 6.90. The maximum atomic E-state index is 13.0. The Bertz CT molecular complexity index is 1080. The van der Waals surface area contributed by atoms with Gasteiger partial charge in [-0.05, 0) is 37.0 Å². The quantitative estimate of drug-likeness (QED) is 0.506. The molecule has 2 aromatic rings. The Balaban J connectivity index is 1.80. The van der Waals surface area contributed by atoms with E-state index in [0.717, 1.165) is 6.42 Å². The fraction of sp³-hybridized carbons (Fsp3) is 0.526. The highest BCUT2D eigenvalue weighted by Gasteiger charge is 2.29. The van der Waals surface area contributed by atoms with Crippen molar-refractivity contribution in [2.75, 3.05) is 17.3 Å². The van der Waals surface area contributed by atoms with Crippen LogP contribution in [0, 0.1) is 5.92 Å². The van der Waals surface area contributed by atoms with Crippen molar-refractivity contribution in [1.82, 2.24) is 14.9 Å². The van der Waals surface area contributed by atoms with Gasteiger partial charge in [-0.3, -0.25) is 14.2 Å². The van der Waals surface area contributed by atoms with Gasteiger partial charge < -0.3 is 5.32 Å². The van der Waals surface area contributed by atoms with Crippen LogP contribution in [0.1, 0.15) is 26.7 Å². The fourth-order valence-electron chi connectivity index (χ4n) is 3.18. The fourth-order valence-corrected chi connectivity index (χ4v) is 5.85. The third-order valence-electron chi connectivity index (χ3n) is 4.74. The second-order valence-corrected chi connectivity index (χ2v) is 11.3. The number of carbonyl (C=O) groups excluding carboxylic acids is 1. The first-order valence-electron chi connectivity index (χ1n) is 9.47. The molecule has 1 aliphatic heterocycles. The van der Waals surface area contributed by atoms with Crippen LogP contribution < -0.4 is 10.9 Å². The third-order valence-corrected chi connectivity index (χ3v) is 7.72. The van der Waals surface area contributed by atoms with E-state index in [1.165, 1.54) is 11.8 Å². The van der Waals surface area contributed by atoms with E-state index in [0.29, 0.717) is 40.0 Å². The predicted molar refractivity (Wildman–Crippen MR) is 116 cm³/mol. The van der Waals surface area contributed by atoms with Crippen molar-refractivity contribution in [2.24, 2.45) is 5.92 Å². The second-order valence-electron chi connectivity index (χ2n) is 7.65. The lowest BCUT2D eigenvalue weighted by Gasteiger charge is -2.15. The number of benzene rings is 1. The summed E-state index contributed by atoms with van der Waals surface area (Å²) in [4.78, 5) is 29.8. The van der Waals surface area contributed by atoms with E-state index in [4.69, 9.17) is 11.6 Å². The van der Waals surface area contributed by atoms with Gasteiger partial charge in [0.25, 0.3) is 5.56 Å². The molecule has 0 saturated carbocycles. The molecule has 0 aliphatic carbocycles. The van der Waals surface area contributed by atoms with Crippen LogP contribution in [0.4, 0.5) is 0 Å². The van der Waals surface area contributed by atoms with E-state index in [1.54, 1.807) is 22.8 Å². The molecule has 158 valence electrons. The van der Waals surface area contributed by atoms with Crippen LogP contribution in [-0.2, 0) is 21.2 Å². The SMILES string of the molecule is CC(C)CCn1c(SCC(=O)N[C@H]2CCS(=O)(=O)C2)nc2cc(Cl)ccc2c1=O. The minimum absolute atomic E-state index is 0.0186. The van der Waals surface area contributed by atoms with Crippen molar-refractivity contribution in [1.29, 1.82) is 0 Å². The molecule has 10 heteroatoms. The normalized spacial score (nSPS) is 18.4. The molecule has 1 saturated heterocycles. The minimum Gasteiger partial charge on any atom is -0.352 e. The molecule has 2 heterocycles. The Morgan fingerprint density at radius 1 is 1.41 bits per heavy atom. The largest absolute Gasteiger partial charge is 0.352 e. The first kappa shape index (κ1) is 22.1. The van der Waals surface area contributed by atoms with Crippen LogP contribution in [0.5, 0.6) is 0 Å². The molecule has 0 spiro atoms. The zero-order valence-electron chi connectivity index (χ0n) is 16.4. The zero-order valence-corrected chi connectivity index (χ0v) is 18.7. The van der Waals surface area contributed by atoms with Gasteiger partial charge in [0.2, 0.25) is 5.91 Å². The lowest BCUT2D eigenvalue weighted by molar-refractivity contribution is -0.119. The summed E-state index contributed by atoms with van der Waals surface area (Å²) in [6, 6.07) is 4.62. The maximum Gasteiger partial charge on any atom is 0.262 e. The number of hydrogen-bond acceptors (Lipinski definition) is 6. The molecule has 7 nitrogen and oxygen atoms in total. The van der Waals surface area contributed by atoms with Gasteiger partial charge in [0.1, 0.15) is 0 Å². The Labute approximate surface area is 179 Å². The van der Waals surface area contributed by atoms with Gasteiger partial charge >= 0.3 is 0 Å². The van der Waals surface area contributed by atoms with Crippen LogP contribution in [0.15, 0.2) is 28.2 Å². The molecule has 1 aliphatic rings. The van der Waals surface area contributed by atoms with Crippen molar-refractivity contribution >= 4 is 50.0 Å². The molecule has 0 bridgehead atoms. The molecule has 3 rings (SSSR count). The van der Waals surface area contributed by atoms with Crippen LogP contribution in [0.2, 0.25) is 5.02 Å². The molecule has 1 amide bonds. The van der Waals surface area contributed by atoms with Crippen LogP contribution in [0.25, 0.3) is 10.9 Å². The first-order valence-corrected chi connectivity index (χ1v) is 12.7. The summed E-state index contributed by atoms with van der Waals surface area (Å²) in [5, 5.41) is 4.19. The number of thioether (sulfide) groups is 1. The van der Waals surface area contributed by atoms with Gasteiger partial charge in [0.15, 0.2) is 15.0 Å². The number of hydrogen-bond donors (Lipinski definition) is 1. The second kappa shape index (κ2) is 9.06. The molecule has 1 aromatic carbocycles. The topological polar surface area (TPSA) is 98.1 Å². The standard InChI is InChI=1S/C19H24ClN3O4S2/c1-12(2)5-7-23-18(25)15-4-3-13(20)9-16(15)22-19(23)28-10-17(24)21-14-6-8-29(26,27)11-14/h3-4,9,12,14H,5-8,10-11H2,1-2H3,(H,21,24)/t14-/m0/s1. The maximum absolute atomic E-state index is 13.0. The average molecular weight is 458 g/mol. The van der Waals surface area contributed by atoms with Crippen molar-refractivity contribution in [3.05, 3.63) is 33.6 Å². The van der Waals surface area contributed by atoms with E-state index in [9.17, 15) is 18.0 Å². The first-order chi connectivity index (χ1) is 13.6. The van der Waals surface area contributed by atoms with E-state index < -0.39 is 9.84 Å². The third kappa shape index (κ3) is 5.73. The van der Waals surface area contributed by atoms with Crippen LogP contribution >= 0.6 is 23.4 Å². The number of rotatable bonds is 7. The summed E-state index contributed by atoms with van der Waals surface area (Å²) < 4.78 is 24.7. The van der Waals surface area contributed by atoms with Crippen molar-refractivity contribution in [2.45, 2.75) is 44.4 Å². The van der Waals surface area contributed by atoms with Crippen LogP contribution in [-0.4, -0.2) is 47.2 Å². The number of halogens is 1. The molecule has 0 radical (unpaired) electrons. The number of fused-ring (bicyclic) bond motifs is 1. The minimum atomic E-state index is -3.06. The summed E-state index contributed by atoms with van der Waals surface area (Å²) in [6.45, 7) is 4.66. The number of aromatic nitrogens is 2. The highest BCUT2D eigenvalue weighted by molar-refractivity contribution is 7.99. The number of nitrogens with one attached hydrogen (secondary N) is 1. The number of carbonyl (C=O) groups is 1. The number of amides is 1. The molecule has 1 fully saturated rings. The monoisotopic (exact) mass is 457 g/mol. The number of sulfone groups is 1. The van der Waals surface area contributed by atoms with Gasteiger partial charge in [-0.25, -0.2) is 13.4 Å². The Hall–Kier alpha value is -1.58. The van der Waals surface area contributed by atoms with Crippen molar-refractivity contribution in [3.63, 3.8) is 0 Å². The summed E-state index contributed by atoms with van der Waals surface area (Å²) in [6.07, 6.45) is 1.24. The molecular weight excluding hydrogens is 434 g/mol. The van der Waals surface area contributed by atoms with Gasteiger partial charge in [-0.1, -0.05) is 37.2 Å². The zero-order chi connectivity index (χ0) is 21.2. The van der Waals surface area contributed by atoms with E-state index >= 15 is 0 Å². The molecule has 1 atom stereocenters. The summed E-state index contributed by atoms with van der Waals surface area (Å²) >= 11 is 7.21. The average Bonchev–Trinajstić information content (AvgIpc) is 2.97. The van der Waals surface area contributed by atoms with E-state index in [1.807, 2.05) is 0 Å². The van der Waals surface area contributed by atoms with Crippen LogP contribution in [0.3, 0.4) is 0 Å². The number of nitrogens with zero attached hydrogens (tertiary/aromatic N) is 2. The van der Waals surface area contributed by atoms with Gasteiger partial charge in [0, 0.05) is 17.6 Å². The van der Waals surface area contributed by atoms with Crippen molar-refractivity contribution in [3.8, 4) is 0 Å².